The van der Waals surface area contributed by atoms with Crippen LogP contribution in [0.3, 0.4) is 0 Å². The van der Waals surface area contributed by atoms with E-state index in [0.717, 1.165) is 89.3 Å². The minimum Gasteiger partial charge on any atom is -0.322 e. The Morgan fingerprint density at radius 2 is 1.02 bits per heavy atom. The lowest BCUT2D eigenvalue weighted by Crippen LogP contribution is -2.05. The van der Waals surface area contributed by atoms with E-state index < -0.39 is 0 Å². The fraction of sp³-hybridized carbons (Fsp3) is 0.0192. The van der Waals surface area contributed by atoms with Gasteiger partial charge in [0.05, 0.1) is 45.2 Å². The third kappa shape index (κ3) is 7.06. The van der Waals surface area contributed by atoms with Crippen molar-refractivity contribution in [3.63, 3.8) is 0 Å². The Morgan fingerprint density at radius 1 is 0.526 bits per heavy atom. The Hall–Kier alpha value is -7.63. The van der Waals surface area contributed by atoms with Gasteiger partial charge in [0.1, 0.15) is 0 Å². The van der Waals surface area contributed by atoms with Crippen LogP contribution in [0.15, 0.2) is 207 Å². The molecule has 9 aromatic rings. The van der Waals surface area contributed by atoms with Crippen LogP contribution in [-0.2, 0) is 0 Å². The van der Waals surface area contributed by atoms with Gasteiger partial charge in [-0.15, -0.1) is 0 Å². The molecule has 0 saturated carbocycles. The lowest BCUT2D eigenvalue weighted by molar-refractivity contribution is 1.15. The van der Waals surface area contributed by atoms with Gasteiger partial charge in [-0.25, -0.2) is 15.0 Å². The maximum Gasteiger partial charge on any atom is 0.228 e. The summed E-state index contributed by atoms with van der Waals surface area (Å²) in [6, 6.07) is 60.8. The number of nitrogens with zero attached hydrogens (tertiary/aromatic N) is 4. The lowest BCUT2D eigenvalue weighted by Gasteiger charge is -2.18. The second-order valence-electron chi connectivity index (χ2n) is 13.9. The summed E-state index contributed by atoms with van der Waals surface area (Å²) in [4.78, 5) is 15.6. The topological polar surface area (TPSA) is 55.6 Å². The molecule has 0 aliphatic heterocycles. The molecule has 0 spiro atoms. The number of anilines is 2. The maximum absolute atomic E-state index is 5.22. The minimum atomic E-state index is 0.500. The van der Waals surface area contributed by atoms with Crippen LogP contribution in [0, 0.1) is 0 Å². The van der Waals surface area contributed by atoms with Crippen molar-refractivity contribution >= 4 is 39.0 Å². The van der Waals surface area contributed by atoms with Crippen LogP contribution >= 0.6 is 0 Å². The van der Waals surface area contributed by atoms with Crippen molar-refractivity contribution in [1.82, 2.24) is 19.5 Å². The smallest absolute Gasteiger partial charge is 0.228 e. The predicted octanol–water partition coefficient (Wildman–Crippen LogP) is 13.5. The van der Waals surface area contributed by atoms with Gasteiger partial charge < -0.3 is 9.88 Å². The average Bonchev–Trinajstić information content (AvgIpc) is 3.62. The Bertz CT molecular complexity index is 2810. The molecule has 0 aliphatic rings. The highest BCUT2D eigenvalue weighted by Crippen LogP contribution is 2.42. The fourth-order valence-corrected chi connectivity index (χ4v) is 7.44. The number of benzene rings is 6. The van der Waals surface area contributed by atoms with E-state index in [9.17, 15) is 0 Å². The number of aromatic nitrogens is 4. The largest absolute Gasteiger partial charge is 0.322 e. The summed E-state index contributed by atoms with van der Waals surface area (Å²) in [5.74, 6) is 0.500. The Balaban J connectivity index is 1.35. The Labute approximate surface area is 332 Å². The molecule has 0 fully saturated rings. The highest BCUT2D eigenvalue weighted by molar-refractivity contribution is 6.15. The summed E-state index contributed by atoms with van der Waals surface area (Å²) in [6.45, 7) is 6.02. The number of allylic oxidation sites excluding steroid dienone is 5. The highest BCUT2D eigenvalue weighted by atomic mass is 15.1. The molecule has 0 radical (unpaired) electrons. The first-order chi connectivity index (χ1) is 28.1. The molecule has 5 nitrogen and oxygen atoms in total. The van der Waals surface area contributed by atoms with Crippen molar-refractivity contribution in [2.24, 2.45) is 0 Å². The van der Waals surface area contributed by atoms with Crippen molar-refractivity contribution in [2.45, 2.75) is 6.92 Å². The number of pyridine rings is 1. The van der Waals surface area contributed by atoms with Gasteiger partial charge in [-0.3, -0.25) is 0 Å². The molecule has 57 heavy (non-hydrogen) atoms. The number of para-hydroxylation sites is 1. The summed E-state index contributed by atoms with van der Waals surface area (Å²) in [7, 11) is 0. The summed E-state index contributed by atoms with van der Waals surface area (Å²) < 4.78 is 2.36. The van der Waals surface area contributed by atoms with E-state index in [0.29, 0.717) is 5.95 Å². The number of rotatable bonds is 10. The number of fused-ring (bicyclic) bond motifs is 3. The third-order valence-electron chi connectivity index (χ3n) is 10.2. The van der Waals surface area contributed by atoms with E-state index in [2.05, 4.69) is 157 Å². The lowest BCUT2D eigenvalue weighted by atomic mass is 10.0. The number of hydrogen-bond donors (Lipinski definition) is 1. The van der Waals surface area contributed by atoms with Gasteiger partial charge in [-0.05, 0) is 36.8 Å². The molecule has 6 aromatic carbocycles. The first-order valence-electron chi connectivity index (χ1n) is 19.1. The van der Waals surface area contributed by atoms with Crippen LogP contribution in [0.1, 0.15) is 12.5 Å². The zero-order valence-electron chi connectivity index (χ0n) is 31.5. The highest BCUT2D eigenvalue weighted by Gasteiger charge is 2.22. The molecule has 3 heterocycles. The molecule has 0 amide bonds. The molecular weight excluding hydrogens is 695 g/mol. The Kier molecular flexibility index (Phi) is 9.61. The molecule has 0 saturated heterocycles. The molecule has 0 aliphatic carbocycles. The van der Waals surface area contributed by atoms with Crippen LogP contribution in [0.5, 0.6) is 0 Å². The number of hydrogen-bond acceptors (Lipinski definition) is 4. The van der Waals surface area contributed by atoms with E-state index in [-0.39, 0.29) is 0 Å². The van der Waals surface area contributed by atoms with Crippen molar-refractivity contribution < 1.29 is 0 Å². The monoisotopic (exact) mass is 733 g/mol. The summed E-state index contributed by atoms with van der Waals surface area (Å²) >= 11 is 0. The van der Waals surface area contributed by atoms with Crippen molar-refractivity contribution in [3.8, 4) is 50.7 Å². The molecule has 9 rings (SSSR count). The molecule has 5 heteroatoms. The predicted molar refractivity (Wildman–Crippen MR) is 239 cm³/mol. The van der Waals surface area contributed by atoms with Gasteiger partial charge in [0.25, 0.3) is 0 Å². The van der Waals surface area contributed by atoms with Crippen LogP contribution in [-0.4, -0.2) is 19.5 Å². The van der Waals surface area contributed by atoms with Gasteiger partial charge in [0.2, 0.25) is 5.95 Å². The summed E-state index contributed by atoms with van der Waals surface area (Å²) in [5.41, 5.74) is 13.6. The molecule has 0 unspecified atom stereocenters. The molecule has 0 atom stereocenters. The van der Waals surface area contributed by atoms with Crippen molar-refractivity contribution in [3.05, 3.63) is 212 Å². The zero-order valence-corrected chi connectivity index (χ0v) is 31.5. The standard InChI is InChI=1S/C52H39N5/c1-3-4-9-20-36(2)42-31-32-44-43-29-18-19-30-49(43)57(41-33-45(37-21-10-5-11-22-37)53-46(34-41)38-23-12-6-13-24-38)51(44)50(42)56-52-54-47(39-25-14-7-15-26-39)35-48(55-52)40-27-16-8-17-28-40/h3-35H,1H2,2H3,(H,54,55,56)/b9-4-,36-20+. The van der Waals surface area contributed by atoms with E-state index in [4.69, 9.17) is 15.0 Å². The first-order valence-corrected chi connectivity index (χ1v) is 19.1. The average molecular weight is 734 g/mol. The summed E-state index contributed by atoms with van der Waals surface area (Å²) in [5, 5.41) is 6.07. The van der Waals surface area contributed by atoms with E-state index in [1.165, 1.54) is 0 Å². The molecule has 272 valence electrons. The Morgan fingerprint density at radius 3 is 1.54 bits per heavy atom. The third-order valence-corrected chi connectivity index (χ3v) is 10.2. The second-order valence-corrected chi connectivity index (χ2v) is 13.9. The molecule has 3 aromatic heterocycles. The SMILES string of the molecule is C=C/C=C\C=C(/C)c1ccc2c3ccccc3n(-c3cc(-c4ccccc4)nc(-c4ccccc4)c3)c2c1Nc1nc(-c2ccccc2)cc(-c2ccccc2)n1. The zero-order chi connectivity index (χ0) is 38.6. The minimum absolute atomic E-state index is 0.500. The maximum atomic E-state index is 5.22. The molecule has 0 bridgehead atoms. The van der Waals surface area contributed by atoms with E-state index >= 15 is 0 Å². The fourth-order valence-electron chi connectivity index (χ4n) is 7.44. The first kappa shape index (κ1) is 35.1. The van der Waals surface area contributed by atoms with Gasteiger partial charge in [0, 0.05) is 38.6 Å². The molecular formula is C52H39N5. The van der Waals surface area contributed by atoms with Crippen molar-refractivity contribution in [2.75, 3.05) is 5.32 Å². The van der Waals surface area contributed by atoms with Gasteiger partial charge in [-0.1, -0.05) is 183 Å². The van der Waals surface area contributed by atoms with Crippen LogP contribution in [0.2, 0.25) is 0 Å². The number of nitrogens with one attached hydrogen (secondary N) is 1. The normalized spacial score (nSPS) is 11.7. The van der Waals surface area contributed by atoms with Gasteiger partial charge in [-0.2, -0.15) is 0 Å². The second kappa shape index (κ2) is 15.6. The van der Waals surface area contributed by atoms with Gasteiger partial charge >= 0.3 is 0 Å². The van der Waals surface area contributed by atoms with Crippen molar-refractivity contribution in [1.29, 1.82) is 0 Å². The van der Waals surface area contributed by atoms with Crippen LogP contribution < -0.4 is 5.32 Å². The van der Waals surface area contributed by atoms with E-state index in [1.807, 2.05) is 60.7 Å². The van der Waals surface area contributed by atoms with Gasteiger partial charge in [0.15, 0.2) is 0 Å². The molecule has 1 N–H and O–H groups in total. The van der Waals surface area contributed by atoms with Crippen LogP contribution in [0.4, 0.5) is 11.6 Å². The summed E-state index contributed by atoms with van der Waals surface area (Å²) in [6.07, 6.45) is 7.87. The van der Waals surface area contributed by atoms with E-state index in [1.54, 1.807) is 6.08 Å². The van der Waals surface area contributed by atoms with Crippen LogP contribution in [0.25, 0.3) is 78.1 Å². The quantitative estimate of drug-likeness (QED) is 0.142.